The van der Waals surface area contributed by atoms with Crippen LogP contribution in [-0.2, 0) is 18.4 Å². The molecular weight excluding hydrogens is 388 g/mol. The number of aromatic hydroxyl groups is 1. The van der Waals surface area contributed by atoms with E-state index in [1.165, 1.54) is 11.9 Å². The van der Waals surface area contributed by atoms with Crippen LogP contribution in [0.15, 0.2) is 55.1 Å². The number of hydrogen-bond acceptors (Lipinski definition) is 4. The molecule has 1 aromatic heterocycles. The van der Waals surface area contributed by atoms with Crippen molar-refractivity contribution in [3.05, 3.63) is 77.4 Å². The van der Waals surface area contributed by atoms with Crippen LogP contribution in [0.25, 0.3) is 0 Å². The maximum Gasteiger partial charge on any atom is 0.254 e. The Morgan fingerprint density at radius 1 is 1.16 bits per heavy atom. The van der Waals surface area contributed by atoms with Crippen molar-refractivity contribution in [2.24, 2.45) is 5.41 Å². The summed E-state index contributed by atoms with van der Waals surface area (Å²) in [7, 11) is 0. The minimum atomic E-state index is -0.102. The van der Waals surface area contributed by atoms with E-state index in [1.54, 1.807) is 17.1 Å². The fourth-order valence-electron chi connectivity index (χ4n) is 5.59. The maximum atomic E-state index is 13.6. The third kappa shape index (κ3) is 2.96. The van der Waals surface area contributed by atoms with Gasteiger partial charge in [-0.2, -0.15) is 5.10 Å². The maximum absolute atomic E-state index is 13.6. The molecule has 31 heavy (non-hydrogen) atoms. The van der Waals surface area contributed by atoms with E-state index in [9.17, 15) is 9.90 Å². The van der Waals surface area contributed by atoms with Gasteiger partial charge in [-0.1, -0.05) is 45.0 Å². The van der Waals surface area contributed by atoms with E-state index < -0.39 is 0 Å². The summed E-state index contributed by atoms with van der Waals surface area (Å²) in [6.07, 6.45) is 4.76. The van der Waals surface area contributed by atoms with Gasteiger partial charge in [0.25, 0.3) is 5.91 Å². The molecule has 2 atom stereocenters. The lowest BCUT2D eigenvalue weighted by atomic mass is 9.51. The van der Waals surface area contributed by atoms with E-state index in [-0.39, 0.29) is 22.8 Å². The third-order valence-corrected chi connectivity index (χ3v) is 7.90. The molecule has 1 amide bonds. The Morgan fingerprint density at radius 3 is 2.65 bits per heavy atom. The van der Waals surface area contributed by atoms with Crippen molar-refractivity contribution in [2.45, 2.75) is 51.6 Å². The molecule has 1 saturated heterocycles. The molecule has 1 N–H and O–H groups in total. The molecule has 2 heterocycles. The average Bonchev–Trinajstić information content (AvgIpc) is 3.24. The normalized spacial score (nSPS) is 24.0. The number of phenolic OH excluding ortho intramolecular Hbond substituents is 1. The Bertz CT molecular complexity index is 1120. The highest BCUT2D eigenvalue weighted by molar-refractivity contribution is 5.94. The van der Waals surface area contributed by atoms with E-state index in [1.807, 2.05) is 35.2 Å². The number of fused-ring (bicyclic) bond motifs is 4. The zero-order valence-corrected chi connectivity index (χ0v) is 18.2. The van der Waals surface area contributed by atoms with Crippen molar-refractivity contribution in [1.82, 2.24) is 19.7 Å². The van der Waals surface area contributed by atoms with Gasteiger partial charge in [0, 0.05) is 23.6 Å². The highest BCUT2D eigenvalue weighted by Crippen LogP contribution is 2.57. The number of nitrogens with zero attached hydrogens (tertiary/aromatic N) is 4. The number of carbonyl (C=O) groups is 1. The average molecular weight is 417 g/mol. The van der Waals surface area contributed by atoms with Gasteiger partial charge in [0.15, 0.2) is 0 Å². The first kappa shape index (κ1) is 19.8. The number of aromatic nitrogens is 3. The molecule has 2 aliphatic rings. The van der Waals surface area contributed by atoms with Crippen LogP contribution < -0.4 is 0 Å². The number of phenols is 1. The molecule has 6 heteroatoms. The first-order valence-corrected chi connectivity index (χ1v) is 10.8. The molecular formula is C25H28N4O2. The second-order valence-corrected chi connectivity index (χ2v) is 9.62. The number of hydrogen-bond donors (Lipinski definition) is 1. The van der Waals surface area contributed by atoms with Crippen LogP contribution in [0.4, 0.5) is 0 Å². The van der Waals surface area contributed by atoms with Crippen LogP contribution in [0.5, 0.6) is 5.75 Å². The molecule has 1 aliphatic heterocycles. The summed E-state index contributed by atoms with van der Waals surface area (Å²) in [5, 5.41) is 14.7. The number of amides is 1. The summed E-state index contributed by atoms with van der Waals surface area (Å²) in [6.45, 7) is 8.18. The van der Waals surface area contributed by atoms with Gasteiger partial charge < -0.3 is 10.0 Å². The summed E-state index contributed by atoms with van der Waals surface area (Å²) < 4.78 is 1.76. The van der Waals surface area contributed by atoms with E-state index >= 15 is 0 Å². The van der Waals surface area contributed by atoms with Gasteiger partial charge in [0.2, 0.25) is 0 Å². The Kier molecular flexibility index (Phi) is 4.43. The first-order valence-electron chi connectivity index (χ1n) is 10.8. The van der Waals surface area contributed by atoms with Gasteiger partial charge in [0.1, 0.15) is 18.4 Å². The number of likely N-dealkylation sites (tertiary alicyclic amines) is 1. The summed E-state index contributed by atoms with van der Waals surface area (Å²) >= 11 is 0. The van der Waals surface area contributed by atoms with Gasteiger partial charge in [0.05, 0.1) is 6.54 Å². The number of piperidine rings is 1. The van der Waals surface area contributed by atoms with Crippen molar-refractivity contribution in [2.75, 3.05) is 6.54 Å². The Morgan fingerprint density at radius 2 is 1.94 bits per heavy atom. The Balaban J connectivity index is 1.44. The van der Waals surface area contributed by atoms with Crippen LogP contribution in [-0.4, -0.2) is 43.3 Å². The molecule has 2 aromatic carbocycles. The monoisotopic (exact) mass is 416 g/mol. The van der Waals surface area contributed by atoms with Crippen molar-refractivity contribution < 1.29 is 9.90 Å². The van der Waals surface area contributed by atoms with Crippen molar-refractivity contribution in [1.29, 1.82) is 0 Å². The SMILES string of the molecule is CC1(C)[C@H]2Cc3c(O)cccc3[C@]1(C)CCN2C(=O)c1ccc(Cn2cncn2)cc1. The van der Waals surface area contributed by atoms with Gasteiger partial charge in [-0.15, -0.1) is 0 Å². The van der Waals surface area contributed by atoms with Crippen molar-refractivity contribution >= 4 is 5.91 Å². The molecule has 1 aliphatic carbocycles. The van der Waals surface area contributed by atoms with Crippen LogP contribution in [0, 0.1) is 5.41 Å². The van der Waals surface area contributed by atoms with Crippen LogP contribution in [0.2, 0.25) is 0 Å². The quantitative estimate of drug-likeness (QED) is 0.705. The lowest BCUT2D eigenvalue weighted by Crippen LogP contribution is -2.64. The highest BCUT2D eigenvalue weighted by Gasteiger charge is 2.57. The molecule has 160 valence electrons. The molecule has 0 radical (unpaired) electrons. The van der Waals surface area contributed by atoms with Crippen LogP contribution >= 0.6 is 0 Å². The summed E-state index contributed by atoms with van der Waals surface area (Å²) in [6, 6.07) is 13.7. The van der Waals surface area contributed by atoms with Crippen molar-refractivity contribution in [3.63, 3.8) is 0 Å². The smallest absolute Gasteiger partial charge is 0.254 e. The molecule has 0 unspecified atom stereocenters. The zero-order valence-electron chi connectivity index (χ0n) is 18.2. The largest absolute Gasteiger partial charge is 0.508 e. The van der Waals surface area contributed by atoms with E-state index in [4.69, 9.17) is 0 Å². The van der Waals surface area contributed by atoms with E-state index in [0.29, 0.717) is 24.3 Å². The predicted molar refractivity (Wildman–Crippen MR) is 118 cm³/mol. The van der Waals surface area contributed by atoms with Gasteiger partial charge >= 0.3 is 0 Å². The Labute approximate surface area is 182 Å². The summed E-state index contributed by atoms with van der Waals surface area (Å²) in [5.41, 5.74) is 3.82. The summed E-state index contributed by atoms with van der Waals surface area (Å²) in [4.78, 5) is 19.6. The van der Waals surface area contributed by atoms with E-state index in [0.717, 1.165) is 24.1 Å². The molecule has 1 fully saturated rings. The molecule has 6 nitrogen and oxygen atoms in total. The first-order chi connectivity index (χ1) is 14.8. The lowest BCUT2D eigenvalue weighted by Gasteiger charge is -2.60. The molecule has 0 spiro atoms. The number of rotatable bonds is 3. The molecule has 2 bridgehead atoms. The van der Waals surface area contributed by atoms with E-state index in [2.05, 4.69) is 36.9 Å². The minimum Gasteiger partial charge on any atom is -0.508 e. The van der Waals surface area contributed by atoms with Crippen LogP contribution in [0.1, 0.15) is 54.2 Å². The topological polar surface area (TPSA) is 71.2 Å². The zero-order chi connectivity index (χ0) is 21.8. The fourth-order valence-corrected chi connectivity index (χ4v) is 5.59. The summed E-state index contributed by atoms with van der Waals surface area (Å²) in [5.74, 6) is 0.405. The second-order valence-electron chi connectivity index (χ2n) is 9.62. The lowest BCUT2D eigenvalue weighted by molar-refractivity contribution is -0.0266. The predicted octanol–water partition coefficient (Wildman–Crippen LogP) is 3.79. The molecule has 5 rings (SSSR count). The second kappa shape index (κ2) is 6.94. The molecule has 0 saturated carbocycles. The highest BCUT2D eigenvalue weighted by atomic mass is 16.3. The fraction of sp³-hybridized carbons (Fsp3) is 0.400. The molecule has 3 aromatic rings. The van der Waals surface area contributed by atoms with Crippen molar-refractivity contribution in [3.8, 4) is 5.75 Å². The number of benzene rings is 2. The third-order valence-electron chi connectivity index (χ3n) is 7.90. The van der Waals surface area contributed by atoms with Gasteiger partial charge in [-0.25, -0.2) is 9.67 Å². The van der Waals surface area contributed by atoms with Crippen LogP contribution in [0.3, 0.4) is 0 Å². The minimum absolute atomic E-state index is 0.0365. The van der Waals surface area contributed by atoms with Gasteiger partial charge in [-0.05, 0) is 53.1 Å². The Hall–Kier alpha value is -3.15. The number of carbonyl (C=O) groups excluding carboxylic acids is 1. The van der Waals surface area contributed by atoms with Gasteiger partial charge in [-0.3, -0.25) is 4.79 Å². The standard InChI is InChI=1S/C25H28N4O2/c1-24(2)22-13-19-20(5-4-6-21(19)30)25(24,3)11-12-29(22)23(31)18-9-7-17(8-10-18)14-28-16-26-15-27-28/h4-10,15-16,22,30H,11-14H2,1-3H3/t22-,25+/m1/s1.